The zero-order valence-corrected chi connectivity index (χ0v) is 18.2. The zero-order valence-electron chi connectivity index (χ0n) is 18.2. The van der Waals surface area contributed by atoms with Crippen molar-refractivity contribution in [1.29, 1.82) is 0 Å². The van der Waals surface area contributed by atoms with E-state index in [4.69, 9.17) is 9.26 Å². The number of ether oxygens (including phenoxy) is 1. The standard InChI is InChI=1S/C20H25F3N6O4/c1-19(4-8-26-18(31)32-12-13-11-14(28-33-13)16(30)24-2)5-9-29(10-6-19)17-25-7-3-15(27-17)20(21,22)23/h3,7,11H,4-6,8-10,12H2,1-2H3,(H,24,30)(H,26,31). The number of piperidine rings is 1. The predicted molar refractivity (Wildman–Crippen MR) is 109 cm³/mol. The molecule has 1 aliphatic heterocycles. The first-order chi connectivity index (χ1) is 15.6. The van der Waals surface area contributed by atoms with E-state index >= 15 is 0 Å². The second kappa shape index (κ2) is 10.0. The summed E-state index contributed by atoms with van der Waals surface area (Å²) >= 11 is 0. The Morgan fingerprint density at radius 3 is 2.70 bits per heavy atom. The maximum atomic E-state index is 12.9. The van der Waals surface area contributed by atoms with Gasteiger partial charge >= 0.3 is 12.3 Å². The fourth-order valence-corrected chi connectivity index (χ4v) is 3.43. The molecule has 1 aliphatic rings. The molecule has 1 saturated heterocycles. The van der Waals surface area contributed by atoms with Crippen LogP contribution in [0, 0.1) is 5.41 Å². The van der Waals surface area contributed by atoms with Crippen molar-refractivity contribution in [2.24, 2.45) is 5.41 Å². The van der Waals surface area contributed by atoms with Crippen molar-refractivity contribution in [2.75, 3.05) is 31.6 Å². The number of aromatic nitrogens is 3. The lowest BCUT2D eigenvalue weighted by Gasteiger charge is -2.39. The van der Waals surface area contributed by atoms with Gasteiger partial charge in [-0.3, -0.25) is 4.79 Å². The molecular formula is C20H25F3N6O4. The molecule has 3 rings (SSSR count). The normalized spacial score (nSPS) is 15.7. The summed E-state index contributed by atoms with van der Waals surface area (Å²) in [4.78, 5) is 32.7. The summed E-state index contributed by atoms with van der Waals surface area (Å²) in [6.45, 7) is 3.30. The Morgan fingerprint density at radius 2 is 2.03 bits per heavy atom. The van der Waals surface area contributed by atoms with Gasteiger partial charge in [-0.2, -0.15) is 13.2 Å². The summed E-state index contributed by atoms with van der Waals surface area (Å²) in [5, 5.41) is 8.65. The fourth-order valence-electron chi connectivity index (χ4n) is 3.43. The zero-order chi connectivity index (χ0) is 24.1. The molecule has 33 heavy (non-hydrogen) atoms. The van der Waals surface area contributed by atoms with Gasteiger partial charge in [0.15, 0.2) is 18.1 Å². The molecule has 0 aromatic carbocycles. The molecule has 2 aromatic heterocycles. The van der Waals surface area contributed by atoms with Gasteiger partial charge in [-0.05, 0) is 30.7 Å². The van der Waals surface area contributed by atoms with Crippen LogP contribution in [0.5, 0.6) is 0 Å². The second-order valence-electron chi connectivity index (χ2n) is 8.05. The van der Waals surface area contributed by atoms with E-state index in [-0.39, 0.29) is 29.4 Å². The van der Waals surface area contributed by atoms with Crippen molar-refractivity contribution in [1.82, 2.24) is 25.8 Å². The van der Waals surface area contributed by atoms with Crippen molar-refractivity contribution >= 4 is 17.9 Å². The van der Waals surface area contributed by atoms with E-state index in [0.717, 1.165) is 12.3 Å². The van der Waals surface area contributed by atoms with Crippen LogP contribution in [0.3, 0.4) is 0 Å². The van der Waals surface area contributed by atoms with Gasteiger partial charge in [-0.25, -0.2) is 14.8 Å². The fraction of sp³-hybridized carbons (Fsp3) is 0.550. The second-order valence-corrected chi connectivity index (χ2v) is 8.05. The molecule has 0 saturated carbocycles. The van der Waals surface area contributed by atoms with Crippen LogP contribution in [-0.2, 0) is 17.5 Å². The number of halogens is 3. The van der Waals surface area contributed by atoms with E-state index in [1.807, 2.05) is 0 Å². The monoisotopic (exact) mass is 470 g/mol. The number of nitrogens with one attached hydrogen (secondary N) is 2. The average Bonchev–Trinajstić information content (AvgIpc) is 3.26. The highest BCUT2D eigenvalue weighted by Gasteiger charge is 2.35. The molecule has 2 amide bonds. The number of hydrogen-bond acceptors (Lipinski definition) is 8. The first kappa shape index (κ1) is 24.3. The van der Waals surface area contributed by atoms with E-state index in [9.17, 15) is 22.8 Å². The van der Waals surface area contributed by atoms with Crippen LogP contribution >= 0.6 is 0 Å². The Morgan fingerprint density at radius 1 is 1.30 bits per heavy atom. The molecule has 0 bridgehead atoms. The Labute approximate surface area is 187 Å². The van der Waals surface area contributed by atoms with E-state index < -0.39 is 23.9 Å². The van der Waals surface area contributed by atoms with Gasteiger partial charge < -0.3 is 24.8 Å². The van der Waals surface area contributed by atoms with Crippen molar-refractivity contribution in [3.05, 3.63) is 35.5 Å². The minimum atomic E-state index is -4.51. The lowest BCUT2D eigenvalue weighted by molar-refractivity contribution is -0.141. The molecule has 0 spiro atoms. The number of hydrogen-bond donors (Lipinski definition) is 2. The van der Waals surface area contributed by atoms with Gasteiger partial charge in [0, 0.05) is 38.9 Å². The molecule has 0 radical (unpaired) electrons. The summed E-state index contributed by atoms with van der Waals surface area (Å²) in [6.07, 6.45) is -1.93. The number of nitrogens with zero attached hydrogens (tertiary/aromatic N) is 4. The molecule has 0 unspecified atom stereocenters. The predicted octanol–water partition coefficient (Wildman–Crippen LogP) is 2.77. The van der Waals surface area contributed by atoms with Gasteiger partial charge in [0.25, 0.3) is 5.91 Å². The maximum absolute atomic E-state index is 12.9. The number of carbonyl (C=O) groups is 2. The Bertz CT molecular complexity index is 973. The van der Waals surface area contributed by atoms with Crippen molar-refractivity contribution < 1.29 is 32.0 Å². The third-order valence-electron chi connectivity index (χ3n) is 5.55. The lowest BCUT2D eigenvalue weighted by Crippen LogP contribution is -2.41. The molecular weight excluding hydrogens is 445 g/mol. The molecule has 2 N–H and O–H groups in total. The van der Waals surface area contributed by atoms with Crippen LogP contribution in [0.15, 0.2) is 22.9 Å². The first-order valence-corrected chi connectivity index (χ1v) is 10.3. The topological polar surface area (TPSA) is 122 Å². The van der Waals surface area contributed by atoms with Crippen LogP contribution in [0.2, 0.25) is 0 Å². The molecule has 0 aliphatic carbocycles. The van der Waals surface area contributed by atoms with E-state index in [2.05, 4.69) is 32.7 Å². The Hall–Kier alpha value is -3.38. The van der Waals surface area contributed by atoms with Gasteiger partial charge in [-0.15, -0.1) is 0 Å². The highest BCUT2D eigenvalue weighted by Crippen LogP contribution is 2.35. The first-order valence-electron chi connectivity index (χ1n) is 10.3. The van der Waals surface area contributed by atoms with Crippen LogP contribution in [0.4, 0.5) is 23.9 Å². The number of amides is 2. The molecule has 180 valence electrons. The third-order valence-corrected chi connectivity index (χ3v) is 5.55. The van der Waals surface area contributed by atoms with Crippen LogP contribution < -0.4 is 15.5 Å². The molecule has 13 heteroatoms. The summed E-state index contributed by atoms with van der Waals surface area (Å²) in [5.41, 5.74) is -0.969. The largest absolute Gasteiger partial charge is 0.441 e. The highest BCUT2D eigenvalue weighted by atomic mass is 19.4. The van der Waals surface area contributed by atoms with Crippen molar-refractivity contribution in [3.8, 4) is 0 Å². The van der Waals surface area contributed by atoms with Crippen molar-refractivity contribution in [2.45, 2.75) is 39.0 Å². The number of carbonyl (C=O) groups excluding carboxylic acids is 2. The third kappa shape index (κ3) is 6.56. The quantitative estimate of drug-likeness (QED) is 0.634. The Kier molecular flexibility index (Phi) is 7.39. The number of alkyl carbamates (subject to hydrolysis) is 1. The molecule has 1 fully saturated rings. The van der Waals surface area contributed by atoms with E-state index in [1.165, 1.54) is 13.1 Å². The SMILES string of the molecule is CNC(=O)c1cc(COC(=O)NCCC2(C)CCN(c3nccc(C(F)(F)F)n3)CC2)on1. The Balaban J connectivity index is 1.40. The molecule has 0 atom stereocenters. The minimum absolute atomic E-state index is 0.0700. The van der Waals surface area contributed by atoms with E-state index in [0.29, 0.717) is 38.9 Å². The summed E-state index contributed by atoms with van der Waals surface area (Å²) < 4.78 is 48.6. The van der Waals surface area contributed by atoms with Gasteiger partial charge in [0.1, 0.15) is 5.69 Å². The van der Waals surface area contributed by atoms with E-state index in [1.54, 1.807) is 4.90 Å². The lowest BCUT2D eigenvalue weighted by atomic mass is 9.77. The highest BCUT2D eigenvalue weighted by molar-refractivity contribution is 5.91. The van der Waals surface area contributed by atoms with Gasteiger partial charge in [0.05, 0.1) is 0 Å². The molecule has 2 aromatic rings. The summed E-state index contributed by atoms with van der Waals surface area (Å²) in [5.74, 6) is -0.103. The summed E-state index contributed by atoms with van der Waals surface area (Å²) in [6, 6.07) is 2.24. The maximum Gasteiger partial charge on any atom is 0.433 e. The van der Waals surface area contributed by atoms with Gasteiger partial charge in [0.2, 0.25) is 5.95 Å². The van der Waals surface area contributed by atoms with Crippen molar-refractivity contribution in [3.63, 3.8) is 0 Å². The number of rotatable bonds is 7. The summed E-state index contributed by atoms with van der Waals surface area (Å²) in [7, 11) is 1.46. The van der Waals surface area contributed by atoms with Gasteiger partial charge in [-0.1, -0.05) is 12.1 Å². The van der Waals surface area contributed by atoms with Crippen LogP contribution in [0.1, 0.15) is 48.1 Å². The smallest absolute Gasteiger partial charge is 0.433 e. The number of alkyl halides is 3. The van der Waals surface area contributed by atoms with Crippen LogP contribution in [0.25, 0.3) is 0 Å². The minimum Gasteiger partial charge on any atom is -0.441 e. The van der Waals surface area contributed by atoms with Crippen LogP contribution in [-0.4, -0.2) is 53.8 Å². The number of anilines is 1. The average molecular weight is 470 g/mol. The molecule has 10 nitrogen and oxygen atoms in total. The molecule has 3 heterocycles.